The minimum atomic E-state index is -0.419. The third kappa shape index (κ3) is 7.41. The van der Waals surface area contributed by atoms with Gasteiger partial charge in [-0.05, 0) is 55.9 Å². The Morgan fingerprint density at radius 2 is 1.74 bits per heavy atom. The van der Waals surface area contributed by atoms with Crippen LogP contribution in [0.2, 0.25) is 0 Å². The predicted molar refractivity (Wildman–Crippen MR) is 170 cm³/mol. The zero-order valence-corrected chi connectivity index (χ0v) is 25.6. The first kappa shape index (κ1) is 30.2. The molecule has 1 atom stereocenters. The minimum Gasteiger partial charge on any atom is -0.348 e. The maximum absolute atomic E-state index is 13.4. The molecule has 0 bridgehead atoms. The summed E-state index contributed by atoms with van der Waals surface area (Å²) in [5.74, 6) is 0.0228. The number of allylic oxidation sites excluding steroid dienone is 1. The van der Waals surface area contributed by atoms with E-state index in [1.165, 1.54) is 28.0 Å². The lowest BCUT2D eigenvalue weighted by atomic mass is 9.95. The summed E-state index contributed by atoms with van der Waals surface area (Å²) in [6.07, 6.45) is 5.57. The predicted octanol–water partition coefficient (Wildman–Crippen LogP) is 5.56. The highest BCUT2D eigenvalue weighted by molar-refractivity contribution is 7.99. The molecule has 2 heterocycles. The highest BCUT2D eigenvalue weighted by Crippen LogP contribution is 2.38. The van der Waals surface area contributed by atoms with Crippen LogP contribution in [0.15, 0.2) is 78.5 Å². The van der Waals surface area contributed by atoms with Crippen LogP contribution in [-0.2, 0) is 30.7 Å². The van der Waals surface area contributed by atoms with E-state index < -0.39 is 6.04 Å². The number of hydrogen-bond acceptors (Lipinski definition) is 7. The van der Waals surface area contributed by atoms with E-state index in [9.17, 15) is 14.4 Å². The van der Waals surface area contributed by atoms with Crippen LogP contribution in [0.4, 0.5) is 5.00 Å². The number of amides is 3. The molecule has 43 heavy (non-hydrogen) atoms. The number of hydrogen-bond donors (Lipinski definition) is 3. The number of anilines is 1. The van der Waals surface area contributed by atoms with Crippen LogP contribution in [0.3, 0.4) is 0 Å². The second kappa shape index (κ2) is 14.3. The lowest BCUT2D eigenvalue weighted by molar-refractivity contribution is -0.113. The van der Waals surface area contributed by atoms with Gasteiger partial charge in [-0.1, -0.05) is 66.4 Å². The molecule has 0 spiro atoms. The maximum Gasteiger partial charge on any atom is 0.254 e. The van der Waals surface area contributed by atoms with Crippen molar-refractivity contribution in [2.24, 2.45) is 0 Å². The number of carbonyl (C=O) groups is 3. The van der Waals surface area contributed by atoms with Crippen LogP contribution < -0.4 is 16.0 Å². The summed E-state index contributed by atoms with van der Waals surface area (Å²) in [5, 5.41) is 18.7. The van der Waals surface area contributed by atoms with Gasteiger partial charge in [0.15, 0.2) is 11.0 Å². The van der Waals surface area contributed by atoms with E-state index in [4.69, 9.17) is 0 Å². The van der Waals surface area contributed by atoms with Crippen molar-refractivity contribution in [3.63, 3.8) is 0 Å². The minimum absolute atomic E-state index is 0.0771. The summed E-state index contributed by atoms with van der Waals surface area (Å²) in [7, 11) is 0. The van der Waals surface area contributed by atoms with Crippen molar-refractivity contribution in [2.75, 3.05) is 11.1 Å². The molecule has 2 aromatic heterocycles. The molecule has 9 nitrogen and oxygen atoms in total. The van der Waals surface area contributed by atoms with Crippen molar-refractivity contribution < 1.29 is 14.4 Å². The van der Waals surface area contributed by atoms with Gasteiger partial charge in [-0.3, -0.25) is 14.4 Å². The lowest BCUT2D eigenvalue weighted by Gasteiger charge is -2.15. The number of thioether (sulfide) groups is 1. The molecular formula is C32H34N6O3S2. The fourth-order valence-corrected chi connectivity index (χ4v) is 7.07. The summed E-state index contributed by atoms with van der Waals surface area (Å²) in [6, 6.07) is 18.3. The monoisotopic (exact) mass is 614 g/mol. The van der Waals surface area contributed by atoms with Crippen LogP contribution >= 0.6 is 23.1 Å². The maximum atomic E-state index is 13.4. The fourth-order valence-electron chi connectivity index (χ4n) is 5.02. The summed E-state index contributed by atoms with van der Waals surface area (Å²) < 4.78 is 1.84. The molecule has 0 aliphatic heterocycles. The van der Waals surface area contributed by atoms with E-state index in [-0.39, 0.29) is 23.5 Å². The Morgan fingerprint density at radius 3 is 2.49 bits per heavy atom. The molecule has 0 saturated carbocycles. The highest BCUT2D eigenvalue weighted by atomic mass is 32.2. The Hall–Kier alpha value is -4.22. The van der Waals surface area contributed by atoms with Crippen molar-refractivity contribution in [1.29, 1.82) is 0 Å². The van der Waals surface area contributed by atoms with E-state index in [1.807, 2.05) is 60.0 Å². The Balaban J connectivity index is 1.25. The average Bonchev–Trinajstić information content (AvgIpc) is 3.60. The molecule has 11 heteroatoms. The van der Waals surface area contributed by atoms with Gasteiger partial charge in [0.05, 0.1) is 17.4 Å². The van der Waals surface area contributed by atoms with Crippen molar-refractivity contribution in [2.45, 2.75) is 56.9 Å². The van der Waals surface area contributed by atoms with Gasteiger partial charge in [0.1, 0.15) is 5.00 Å². The third-order valence-electron chi connectivity index (χ3n) is 7.11. The summed E-state index contributed by atoms with van der Waals surface area (Å²) in [5.41, 5.74) is 3.19. The molecule has 4 aromatic rings. The number of aryl methyl sites for hydroxylation is 1. The summed E-state index contributed by atoms with van der Waals surface area (Å²) >= 11 is 2.74. The quantitative estimate of drug-likeness (QED) is 0.142. The van der Waals surface area contributed by atoms with Crippen molar-refractivity contribution in [3.8, 4) is 0 Å². The summed E-state index contributed by atoms with van der Waals surface area (Å²) in [4.78, 5) is 40.4. The highest BCUT2D eigenvalue weighted by Gasteiger charge is 2.27. The van der Waals surface area contributed by atoms with Gasteiger partial charge in [0.25, 0.3) is 11.8 Å². The Morgan fingerprint density at radius 1 is 1.02 bits per heavy atom. The molecule has 0 radical (unpaired) electrons. The molecule has 5 rings (SSSR count). The Bertz CT molecular complexity index is 1600. The number of fused-ring (bicyclic) bond motifs is 1. The van der Waals surface area contributed by atoms with Crippen LogP contribution in [0.5, 0.6) is 0 Å². The topological polar surface area (TPSA) is 118 Å². The van der Waals surface area contributed by atoms with Gasteiger partial charge in [0, 0.05) is 23.5 Å². The molecule has 2 aromatic carbocycles. The molecule has 222 valence electrons. The van der Waals surface area contributed by atoms with Gasteiger partial charge in [-0.25, -0.2) is 0 Å². The van der Waals surface area contributed by atoms with Crippen molar-refractivity contribution in [3.05, 3.63) is 106 Å². The number of carbonyl (C=O) groups excluding carboxylic acids is 3. The second-order valence-electron chi connectivity index (χ2n) is 10.2. The fraction of sp³-hybridized carbons (Fsp3) is 0.281. The molecule has 3 amide bonds. The standard InChI is InChI=1S/C32H34N6O3S2/c1-3-18-38-28(21(2)34-29(40)23-14-8-5-9-15-23)36-37-32(38)42-20-26(39)35-31-27(24-16-10-11-17-25(24)43-31)30(41)33-19-22-12-6-4-7-13-22/h3-9,12-15,21H,1,10-11,16-20H2,2H3,(H,33,41)(H,34,40)(H,35,39)/t21-/m0/s1. The van der Waals surface area contributed by atoms with Gasteiger partial charge in [-0.15, -0.1) is 28.1 Å². The van der Waals surface area contributed by atoms with Crippen LogP contribution in [0, 0.1) is 0 Å². The van der Waals surface area contributed by atoms with Crippen molar-refractivity contribution in [1.82, 2.24) is 25.4 Å². The van der Waals surface area contributed by atoms with Gasteiger partial charge >= 0.3 is 0 Å². The molecule has 1 aliphatic rings. The van der Waals surface area contributed by atoms with E-state index in [1.54, 1.807) is 18.2 Å². The largest absolute Gasteiger partial charge is 0.348 e. The van der Waals surface area contributed by atoms with E-state index in [0.717, 1.165) is 36.8 Å². The van der Waals surface area contributed by atoms with E-state index in [0.29, 0.717) is 40.2 Å². The lowest BCUT2D eigenvalue weighted by Crippen LogP contribution is -2.28. The molecular weight excluding hydrogens is 581 g/mol. The van der Waals surface area contributed by atoms with Crippen LogP contribution in [-0.4, -0.2) is 38.2 Å². The Labute approximate surface area is 259 Å². The third-order valence-corrected chi connectivity index (χ3v) is 9.28. The average molecular weight is 615 g/mol. The number of benzene rings is 2. The number of aromatic nitrogens is 3. The first-order chi connectivity index (χ1) is 20.9. The molecule has 1 aliphatic carbocycles. The van der Waals surface area contributed by atoms with Gasteiger partial charge in [0.2, 0.25) is 5.91 Å². The smallest absolute Gasteiger partial charge is 0.254 e. The van der Waals surface area contributed by atoms with Crippen molar-refractivity contribution >= 4 is 45.8 Å². The second-order valence-corrected chi connectivity index (χ2v) is 12.3. The number of nitrogens with zero attached hydrogens (tertiary/aromatic N) is 3. The van der Waals surface area contributed by atoms with Crippen LogP contribution in [0.25, 0.3) is 0 Å². The Kier molecular flexibility index (Phi) is 10.1. The molecule has 0 saturated heterocycles. The number of thiophene rings is 1. The van der Waals surface area contributed by atoms with Crippen LogP contribution in [0.1, 0.15) is 68.4 Å². The molecule has 0 unspecified atom stereocenters. The molecule has 0 fully saturated rings. The van der Waals surface area contributed by atoms with Gasteiger partial charge < -0.3 is 20.5 Å². The normalized spacial score (nSPS) is 13.0. The first-order valence-corrected chi connectivity index (χ1v) is 16.0. The zero-order valence-electron chi connectivity index (χ0n) is 24.0. The summed E-state index contributed by atoms with van der Waals surface area (Å²) in [6.45, 7) is 6.52. The molecule has 3 N–H and O–H groups in total. The SMILES string of the molecule is C=CCn1c(SCC(=O)Nc2sc3c(c2C(=O)NCc2ccccc2)CCCC3)nnc1[C@H](C)NC(=O)c1ccccc1. The zero-order chi connectivity index (χ0) is 30.2. The van der Waals surface area contributed by atoms with E-state index >= 15 is 0 Å². The van der Waals surface area contributed by atoms with Gasteiger partial charge in [-0.2, -0.15) is 0 Å². The number of nitrogens with one attached hydrogen (secondary N) is 3. The van der Waals surface area contributed by atoms with E-state index in [2.05, 4.69) is 32.7 Å². The first-order valence-electron chi connectivity index (χ1n) is 14.2. The number of rotatable bonds is 12.